The van der Waals surface area contributed by atoms with E-state index in [1.165, 1.54) is 5.56 Å². The van der Waals surface area contributed by atoms with Crippen LogP contribution in [0.5, 0.6) is 0 Å². The van der Waals surface area contributed by atoms with Crippen LogP contribution in [-0.2, 0) is 11.2 Å². The van der Waals surface area contributed by atoms with Crippen LogP contribution in [0, 0.1) is 12.0 Å². The van der Waals surface area contributed by atoms with Crippen molar-refractivity contribution in [2.24, 2.45) is 5.92 Å². The number of nitrogens with one attached hydrogen (secondary N) is 1. The molecule has 0 spiro atoms. The number of anilines is 1. The van der Waals surface area contributed by atoms with Crippen LogP contribution in [0.1, 0.15) is 18.4 Å². The minimum Gasteiger partial charge on any atom is -0.316 e. The third-order valence-electron chi connectivity index (χ3n) is 3.74. The van der Waals surface area contributed by atoms with Crippen molar-refractivity contribution >= 4 is 11.6 Å². The zero-order chi connectivity index (χ0) is 11.7. The fourth-order valence-corrected chi connectivity index (χ4v) is 2.78. The van der Waals surface area contributed by atoms with E-state index in [-0.39, 0.29) is 11.8 Å². The number of hydrogen-bond acceptors (Lipinski definition) is 2. The van der Waals surface area contributed by atoms with Crippen LogP contribution >= 0.6 is 0 Å². The van der Waals surface area contributed by atoms with Crippen LogP contribution in [0.15, 0.2) is 18.2 Å². The Labute approximate surface area is 102 Å². The van der Waals surface area contributed by atoms with Gasteiger partial charge in [-0.05, 0) is 43.5 Å². The maximum atomic E-state index is 12.4. The van der Waals surface area contributed by atoms with E-state index in [2.05, 4.69) is 17.4 Å². The molecule has 2 aliphatic heterocycles. The van der Waals surface area contributed by atoms with Crippen molar-refractivity contribution in [1.29, 1.82) is 0 Å². The number of carbonyl (C=O) groups excluding carboxylic acids is 1. The van der Waals surface area contributed by atoms with Gasteiger partial charge in [0.25, 0.3) is 0 Å². The van der Waals surface area contributed by atoms with E-state index in [1.807, 2.05) is 17.0 Å². The van der Waals surface area contributed by atoms with Crippen LogP contribution in [-0.4, -0.2) is 25.5 Å². The molecule has 1 fully saturated rings. The maximum Gasteiger partial charge on any atom is 0.231 e. The molecule has 0 saturated carbocycles. The first kappa shape index (κ1) is 10.8. The summed E-state index contributed by atoms with van der Waals surface area (Å²) in [5.74, 6) is 0.449. The lowest BCUT2D eigenvalue weighted by atomic mass is 9.98. The molecule has 1 unspecified atom stereocenters. The minimum atomic E-state index is 0.162. The Hall–Kier alpha value is -1.35. The molecule has 1 saturated heterocycles. The highest BCUT2D eigenvalue weighted by Gasteiger charge is 2.30. The molecule has 1 N–H and O–H groups in total. The van der Waals surface area contributed by atoms with E-state index in [4.69, 9.17) is 0 Å². The number of carbonyl (C=O) groups is 1. The Morgan fingerprint density at radius 1 is 1.53 bits per heavy atom. The van der Waals surface area contributed by atoms with Crippen molar-refractivity contribution in [1.82, 2.24) is 5.32 Å². The monoisotopic (exact) mass is 229 g/mol. The lowest BCUT2D eigenvalue weighted by Gasteiger charge is -2.27. The first-order valence-corrected chi connectivity index (χ1v) is 6.37. The number of fused-ring (bicyclic) bond motifs is 1. The average Bonchev–Trinajstić information content (AvgIpc) is 2.83. The molecular weight excluding hydrogens is 212 g/mol. The molecular formula is C14H17N2O. The van der Waals surface area contributed by atoms with Gasteiger partial charge in [-0.1, -0.05) is 12.1 Å². The highest BCUT2D eigenvalue weighted by molar-refractivity contribution is 5.97. The minimum absolute atomic E-state index is 0.162. The number of benzene rings is 1. The van der Waals surface area contributed by atoms with Gasteiger partial charge in [-0.15, -0.1) is 0 Å². The quantitative estimate of drug-likeness (QED) is 0.789. The topological polar surface area (TPSA) is 32.3 Å². The second-order valence-electron chi connectivity index (χ2n) is 4.84. The summed E-state index contributed by atoms with van der Waals surface area (Å²) >= 11 is 0. The van der Waals surface area contributed by atoms with Crippen LogP contribution in [0.3, 0.4) is 0 Å². The van der Waals surface area contributed by atoms with Gasteiger partial charge in [-0.2, -0.15) is 0 Å². The van der Waals surface area contributed by atoms with Gasteiger partial charge in [0.15, 0.2) is 0 Å². The zero-order valence-electron chi connectivity index (χ0n) is 9.91. The standard InChI is InChI=1S/C14H17N2O/c17-14(12-5-3-8-15-10-12)16-9-7-11-4-1-2-6-13(11)16/h1,4,6,12,15H,3,5,7-10H2. The van der Waals surface area contributed by atoms with E-state index in [1.54, 1.807) is 0 Å². The van der Waals surface area contributed by atoms with Crippen molar-refractivity contribution in [3.05, 3.63) is 29.8 Å². The fourth-order valence-electron chi connectivity index (χ4n) is 2.78. The van der Waals surface area contributed by atoms with Crippen molar-refractivity contribution in [3.63, 3.8) is 0 Å². The van der Waals surface area contributed by atoms with Gasteiger partial charge in [-0.3, -0.25) is 4.79 Å². The molecule has 0 bridgehead atoms. The SMILES string of the molecule is O=C(C1CCCNC1)N1CCc2cc[c]cc21. The summed E-state index contributed by atoms with van der Waals surface area (Å²) in [7, 11) is 0. The van der Waals surface area contributed by atoms with Gasteiger partial charge in [0, 0.05) is 18.8 Å². The van der Waals surface area contributed by atoms with Crippen molar-refractivity contribution in [2.75, 3.05) is 24.5 Å². The zero-order valence-corrected chi connectivity index (χ0v) is 9.91. The number of hydrogen-bond donors (Lipinski definition) is 1. The Bertz CT molecular complexity index is 424. The summed E-state index contributed by atoms with van der Waals surface area (Å²) in [6.45, 7) is 2.72. The lowest BCUT2D eigenvalue weighted by molar-refractivity contribution is -0.122. The smallest absolute Gasteiger partial charge is 0.231 e. The van der Waals surface area contributed by atoms with Crippen molar-refractivity contribution < 1.29 is 4.79 Å². The summed E-state index contributed by atoms with van der Waals surface area (Å²) < 4.78 is 0. The summed E-state index contributed by atoms with van der Waals surface area (Å²) in [6, 6.07) is 9.01. The normalized spacial score (nSPS) is 23.5. The van der Waals surface area contributed by atoms with E-state index >= 15 is 0 Å². The molecule has 3 nitrogen and oxygen atoms in total. The molecule has 1 aromatic rings. The molecule has 0 aliphatic carbocycles. The maximum absolute atomic E-state index is 12.4. The third kappa shape index (κ3) is 1.95. The first-order valence-electron chi connectivity index (χ1n) is 6.37. The Morgan fingerprint density at radius 3 is 3.29 bits per heavy atom. The Balaban J connectivity index is 1.79. The predicted octanol–water partition coefficient (Wildman–Crippen LogP) is 1.38. The average molecular weight is 229 g/mol. The Kier molecular flexibility index (Phi) is 2.85. The second-order valence-corrected chi connectivity index (χ2v) is 4.84. The number of nitrogens with zero attached hydrogens (tertiary/aromatic N) is 1. The molecule has 1 aromatic carbocycles. The van der Waals surface area contributed by atoms with Crippen LogP contribution in [0.2, 0.25) is 0 Å². The van der Waals surface area contributed by atoms with Gasteiger partial charge in [0.2, 0.25) is 5.91 Å². The first-order chi connectivity index (χ1) is 8.36. The lowest BCUT2D eigenvalue weighted by Crippen LogP contribution is -2.42. The van der Waals surface area contributed by atoms with Crippen LogP contribution in [0.4, 0.5) is 5.69 Å². The summed E-state index contributed by atoms with van der Waals surface area (Å²) in [6.07, 6.45) is 3.11. The van der Waals surface area contributed by atoms with Crippen molar-refractivity contribution in [3.8, 4) is 0 Å². The molecule has 17 heavy (non-hydrogen) atoms. The molecule has 3 heteroatoms. The molecule has 2 heterocycles. The molecule has 89 valence electrons. The third-order valence-corrected chi connectivity index (χ3v) is 3.74. The molecule has 1 amide bonds. The van der Waals surface area contributed by atoms with Crippen LogP contribution in [0.25, 0.3) is 0 Å². The molecule has 2 aliphatic rings. The highest BCUT2D eigenvalue weighted by atomic mass is 16.2. The van der Waals surface area contributed by atoms with Gasteiger partial charge in [-0.25, -0.2) is 0 Å². The van der Waals surface area contributed by atoms with Gasteiger partial charge in [0.05, 0.1) is 5.92 Å². The van der Waals surface area contributed by atoms with Gasteiger partial charge < -0.3 is 10.2 Å². The summed E-state index contributed by atoms with van der Waals surface area (Å²) in [5, 5.41) is 3.31. The second kappa shape index (κ2) is 4.49. The van der Waals surface area contributed by atoms with Crippen molar-refractivity contribution in [2.45, 2.75) is 19.3 Å². The number of rotatable bonds is 1. The number of piperidine rings is 1. The van der Waals surface area contributed by atoms with E-state index < -0.39 is 0 Å². The fraction of sp³-hybridized carbons (Fsp3) is 0.500. The number of amides is 1. The highest BCUT2D eigenvalue weighted by Crippen LogP contribution is 2.29. The predicted molar refractivity (Wildman–Crippen MR) is 66.9 cm³/mol. The molecule has 0 aromatic heterocycles. The van der Waals surface area contributed by atoms with Gasteiger partial charge in [0.1, 0.15) is 0 Å². The van der Waals surface area contributed by atoms with E-state index in [0.717, 1.165) is 44.6 Å². The largest absolute Gasteiger partial charge is 0.316 e. The molecule has 3 rings (SSSR count). The van der Waals surface area contributed by atoms with Gasteiger partial charge >= 0.3 is 0 Å². The van der Waals surface area contributed by atoms with Crippen LogP contribution < -0.4 is 10.2 Å². The Morgan fingerprint density at radius 2 is 2.47 bits per heavy atom. The molecule has 1 atom stereocenters. The summed E-state index contributed by atoms with van der Waals surface area (Å²) in [4.78, 5) is 14.4. The van der Waals surface area contributed by atoms with E-state index in [9.17, 15) is 4.79 Å². The summed E-state index contributed by atoms with van der Waals surface area (Å²) in [5.41, 5.74) is 2.35. The van der Waals surface area contributed by atoms with E-state index in [0.29, 0.717) is 0 Å². The molecule has 1 radical (unpaired) electrons.